The molecule has 102 valence electrons. The van der Waals surface area contributed by atoms with Crippen LogP contribution in [0.5, 0.6) is 0 Å². The Balaban J connectivity index is 2.14. The Morgan fingerprint density at radius 3 is 2.84 bits per heavy atom. The second-order valence-corrected chi connectivity index (χ2v) is 4.85. The van der Waals surface area contributed by atoms with Crippen molar-refractivity contribution >= 4 is 12.3 Å². The average Bonchev–Trinajstić information content (AvgIpc) is 2.89. The Labute approximate surface area is 113 Å². The minimum absolute atomic E-state index is 0.116. The molecule has 0 aliphatic carbocycles. The van der Waals surface area contributed by atoms with Gasteiger partial charge in [-0.25, -0.2) is 0 Å². The fourth-order valence-electron chi connectivity index (χ4n) is 2.72. The minimum Gasteiger partial charge on any atom is -0.338 e. The van der Waals surface area contributed by atoms with Crippen LogP contribution in [0.15, 0.2) is 30.3 Å². The van der Waals surface area contributed by atoms with E-state index in [2.05, 4.69) is 5.32 Å². The standard InChI is InChI=1S/C15H20N2O2/c1-2-13(12-7-4-3-5-8-12)15(19)17-10-6-9-14(17)16-11-18/h3-5,7-8,11,13-14H,2,6,9-10H2,1H3,(H,16,18)/t13-,14?/m1/s1. The molecule has 1 heterocycles. The van der Waals surface area contributed by atoms with Gasteiger partial charge in [0.25, 0.3) is 0 Å². The molecule has 0 bridgehead atoms. The van der Waals surface area contributed by atoms with E-state index in [4.69, 9.17) is 0 Å². The molecule has 1 aliphatic heterocycles. The molecule has 0 saturated carbocycles. The summed E-state index contributed by atoms with van der Waals surface area (Å²) in [6.07, 6.45) is 3.10. The summed E-state index contributed by atoms with van der Waals surface area (Å²) in [5.41, 5.74) is 1.05. The molecule has 1 aromatic rings. The number of amides is 2. The second-order valence-electron chi connectivity index (χ2n) is 4.85. The maximum atomic E-state index is 12.6. The molecule has 2 rings (SSSR count). The molecule has 2 amide bonds. The van der Waals surface area contributed by atoms with Crippen molar-refractivity contribution in [3.63, 3.8) is 0 Å². The highest BCUT2D eigenvalue weighted by atomic mass is 16.2. The summed E-state index contributed by atoms with van der Waals surface area (Å²) < 4.78 is 0. The van der Waals surface area contributed by atoms with Gasteiger partial charge in [-0.1, -0.05) is 37.3 Å². The first-order valence-corrected chi connectivity index (χ1v) is 6.83. The van der Waals surface area contributed by atoms with Gasteiger partial charge >= 0.3 is 0 Å². The minimum atomic E-state index is -0.136. The molecule has 1 unspecified atom stereocenters. The first-order valence-electron chi connectivity index (χ1n) is 6.83. The number of carbonyl (C=O) groups is 2. The second kappa shape index (κ2) is 6.36. The lowest BCUT2D eigenvalue weighted by Gasteiger charge is -2.28. The summed E-state index contributed by atoms with van der Waals surface area (Å²) in [5, 5.41) is 2.73. The van der Waals surface area contributed by atoms with Crippen LogP contribution >= 0.6 is 0 Å². The molecule has 1 saturated heterocycles. The van der Waals surface area contributed by atoms with Crippen molar-refractivity contribution in [1.82, 2.24) is 10.2 Å². The number of hydrogen-bond donors (Lipinski definition) is 1. The van der Waals surface area contributed by atoms with Gasteiger partial charge in [0.2, 0.25) is 12.3 Å². The summed E-state index contributed by atoms with van der Waals surface area (Å²) >= 11 is 0. The van der Waals surface area contributed by atoms with E-state index < -0.39 is 0 Å². The van der Waals surface area contributed by atoms with Crippen molar-refractivity contribution in [2.24, 2.45) is 0 Å². The van der Waals surface area contributed by atoms with E-state index in [9.17, 15) is 9.59 Å². The normalized spacial score (nSPS) is 20.1. The van der Waals surface area contributed by atoms with Crippen LogP contribution < -0.4 is 5.32 Å². The summed E-state index contributed by atoms with van der Waals surface area (Å²) in [5.74, 6) is 0.000743. The molecule has 1 aliphatic rings. The van der Waals surface area contributed by atoms with Gasteiger partial charge in [0.15, 0.2) is 0 Å². The van der Waals surface area contributed by atoms with Gasteiger partial charge in [0.05, 0.1) is 5.92 Å². The number of nitrogens with one attached hydrogen (secondary N) is 1. The van der Waals surface area contributed by atoms with E-state index in [1.165, 1.54) is 0 Å². The van der Waals surface area contributed by atoms with Gasteiger partial charge in [-0.05, 0) is 24.8 Å². The highest BCUT2D eigenvalue weighted by Gasteiger charge is 2.32. The molecule has 0 spiro atoms. The third-order valence-electron chi connectivity index (χ3n) is 3.70. The zero-order chi connectivity index (χ0) is 13.7. The predicted molar refractivity (Wildman–Crippen MR) is 73.4 cm³/mol. The van der Waals surface area contributed by atoms with E-state index in [0.29, 0.717) is 6.41 Å². The maximum absolute atomic E-state index is 12.6. The monoisotopic (exact) mass is 260 g/mol. The highest BCUT2D eigenvalue weighted by molar-refractivity contribution is 5.84. The van der Waals surface area contributed by atoms with Gasteiger partial charge in [0.1, 0.15) is 6.17 Å². The van der Waals surface area contributed by atoms with Crippen LogP contribution in [0.3, 0.4) is 0 Å². The molecular formula is C15H20N2O2. The third-order valence-corrected chi connectivity index (χ3v) is 3.70. The van der Waals surface area contributed by atoms with Crippen LogP contribution in [0.4, 0.5) is 0 Å². The number of likely N-dealkylation sites (tertiary alicyclic amines) is 1. The van der Waals surface area contributed by atoms with E-state index >= 15 is 0 Å². The van der Waals surface area contributed by atoms with Crippen molar-refractivity contribution in [2.75, 3.05) is 6.54 Å². The Morgan fingerprint density at radius 1 is 1.47 bits per heavy atom. The largest absolute Gasteiger partial charge is 0.338 e. The molecule has 0 radical (unpaired) electrons. The SMILES string of the molecule is CC[C@@H](C(=O)N1CCCC1NC=O)c1ccccc1. The van der Waals surface area contributed by atoms with Crippen LogP contribution in [-0.4, -0.2) is 29.9 Å². The van der Waals surface area contributed by atoms with Gasteiger partial charge < -0.3 is 10.2 Å². The summed E-state index contributed by atoms with van der Waals surface area (Å²) in [7, 11) is 0. The van der Waals surface area contributed by atoms with Crippen molar-refractivity contribution < 1.29 is 9.59 Å². The lowest BCUT2D eigenvalue weighted by atomic mass is 9.95. The zero-order valence-electron chi connectivity index (χ0n) is 11.2. The van der Waals surface area contributed by atoms with Gasteiger partial charge in [-0.15, -0.1) is 0 Å². The highest BCUT2D eigenvalue weighted by Crippen LogP contribution is 2.26. The molecule has 1 N–H and O–H groups in total. The van der Waals surface area contributed by atoms with Crippen molar-refractivity contribution in [1.29, 1.82) is 0 Å². The van der Waals surface area contributed by atoms with Crippen LogP contribution in [0.25, 0.3) is 0 Å². The van der Waals surface area contributed by atoms with E-state index in [1.54, 1.807) is 4.90 Å². The number of carbonyl (C=O) groups excluding carboxylic acids is 2. The quantitative estimate of drug-likeness (QED) is 0.822. The molecule has 4 nitrogen and oxygen atoms in total. The van der Waals surface area contributed by atoms with Crippen LogP contribution in [0.1, 0.15) is 37.7 Å². The number of rotatable bonds is 5. The Morgan fingerprint density at radius 2 is 2.21 bits per heavy atom. The van der Waals surface area contributed by atoms with Crippen molar-refractivity contribution in [2.45, 2.75) is 38.3 Å². The van der Waals surface area contributed by atoms with Crippen molar-refractivity contribution in [3.8, 4) is 0 Å². The van der Waals surface area contributed by atoms with Crippen LogP contribution in [0.2, 0.25) is 0 Å². The smallest absolute Gasteiger partial charge is 0.231 e. The van der Waals surface area contributed by atoms with Crippen LogP contribution in [-0.2, 0) is 9.59 Å². The lowest BCUT2D eigenvalue weighted by Crippen LogP contribution is -2.45. The number of hydrogen-bond acceptors (Lipinski definition) is 2. The van der Waals surface area contributed by atoms with Gasteiger partial charge in [0, 0.05) is 6.54 Å². The fraction of sp³-hybridized carbons (Fsp3) is 0.467. The average molecular weight is 260 g/mol. The molecule has 4 heteroatoms. The molecule has 0 aromatic heterocycles. The first kappa shape index (κ1) is 13.6. The fourth-order valence-corrected chi connectivity index (χ4v) is 2.72. The van der Waals surface area contributed by atoms with E-state index in [0.717, 1.165) is 31.4 Å². The topological polar surface area (TPSA) is 49.4 Å². The Kier molecular flexibility index (Phi) is 4.55. The lowest BCUT2D eigenvalue weighted by molar-refractivity contribution is -0.134. The molecule has 1 fully saturated rings. The molecular weight excluding hydrogens is 240 g/mol. The summed E-state index contributed by atoms with van der Waals surface area (Å²) in [6, 6.07) is 9.84. The third kappa shape index (κ3) is 2.95. The number of nitrogens with zero attached hydrogens (tertiary/aromatic N) is 1. The molecule has 19 heavy (non-hydrogen) atoms. The molecule has 2 atom stereocenters. The summed E-state index contributed by atoms with van der Waals surface area (Å²) in [4.78, 5) is 25.0. The van der Waals surface area contributed by atoms with E-state index in [1.807, 2.05) is 37.3 Å². The van der Waals surface area contributed by atoms with Gasteiger partial charge in [-0.2, -0.15) is 0 Å². The maximum Gasteiger partial charge on any atom is 0.231 e. The molecule has 1 aromatic carbocycles. The Hall–Kier alpha value is -1.84. The van der Waals surface area contributed by atoms with Gasteiger partial charge in [-0.3, -0.25) is 9.59 Å². The predicted octanol–water partition coefficient (Wildman–Crippen LogP) is 1.87. The van der Waals surface area contributed by atoms with Crippen LogP contribution in [0, 0.1) is 0 Å². The summed E-state index contributed by atoms with van der Waals surface area (Å²) in [6.45, 7) is 2.75. The first-order chi connectivity index (χ1) is 9.27. The zero-order valence-corrected chi connectivity index (χ0v) is 11.2. The van der Waals surface area contributed by atoms with Crippen molar-refractivity contribution in [3.05, 3.63) is 35.9 Å². The van der Waals surface area contributed by atoms with E-state index in [-0.39, 0.29) is 18.0 Å². The Bertz CT molecular complexity index is 433. The number of benzene rings is 1.